The lowest BCUT2D eigenvalue weighted by molar-refractivity contribution is 0.190. The third-order valence-electron chi connectivity index (χ3n) is 5.32. The van der Waals surface area contributed by atoms with Crippen LogP contribution in [0.5, 0.6) is 17.2 Å². The Hall–Kier alpha value is -2.96. The summed E-state index contributed by atoms with van der Waals surface area (Å²) in [6, 6.07) is 3.73. The number of hydrogen-bond donors (Lipinski definition) is 2. The van der Waals surface area contributed by atoms with Gasteiger partial charge in [0.25, 0.3) is 0 Å². The molecule has 1 aromatic heterocycles. The molecule has 1 heterocycles. The number of methoxy groups -OCH3 is 3. The number of nitrogens with zero attached hydrogens (tertiary/aromatic N) is 1. The minimum absolute atomic E-state index is 0.199. The van der Waals surface area contributed by atoms with Crippen molar-refractivity contribution in [1.82, 2.24) is 4.57 Å². The minimum Gasteiger partial charge on any atom is -0.493 e. The number of aliphatic hydroxyl groups is 2. The van der Waals surface area contributed by atoms with Crippen LogP contribution < -0.4 is 24.8 Å². The molecule has 2 aliphatic carbocycles. The zero-order chi connectivity index (χ0) is 19.8. The van der Waals surface area contributed by atoms with E-state index in [0.29, 0.717) is 22.9 Å². The Kier molecular flexibility index (Phi) is 4.75. The number of aliphatic hydroxyl groups excluding tert-OH is 2. The normalized spacial score (nSPS) is 14.3. The van der Waals surface area contributed by atoms with Gasteiger partial charge in [0.2, 0.25) is 5.75 Å². The zero-order valence-corrected chi connectivity index (χ0v) is 16.2. The zero-order valence-electron chi connectivity index (χ0n) is 16.2. The Morgan fingerprint density at radius 2 is 1.75 bits per heavy atom. The van der Waals surface area contributed by atoms with Crippen LogP contribution in [-0.2, 0) is 13.3 Å². The monoisotopic (exact) mass is 381 g/mol. The molecule has 0 spiro atoms. The summed E-state index contributed by atoms with van der Waals surface area (Å²) in [6.45, 7) is -0.410. The lowest BCUT2D eigenvalue weighted by Crippen LogP contribution is -2.29. The summed E-state index contributed by atoms with van der Waals surface area (Å²) in [5.41, 5.74) is 4.62. The molecule has 2 N–H and O–H groups in total. The van der Waals surface area contributed by atoms with E-state index in [4.69, 9.17) is 14.2 Å². The van der Waals surface area contributed by atoms with Gasteiger partial charge >= 0.3 is 0 Å². The second-order valence-corrected chi connectivity index (χ2v) is 6.60. The highest BCUT2D eigenvalue weighted by Gasteiger charge is 2.25. The van der Waals surface area contributed by atoms with Crippen LogP contribution in [0.1, 0.15) is 12.1 Å². The molecular formula is C22H23NO5. The Morgan fingerprint density at radius 3 is 2.32 bits per heavy atom. The average Bonchev–Trinajstić information content (AvgIpc) is 3.25. The SMILES string of the molecule is COc1cc(-c2c(CO)n(CO)c3c2=CC2=CC=CCC=32)cc(OC)c1OC. The summed E-state index contributed by atoms with van der Waals surface area (Å²) in [6.07, 6.45) is 9.10. The van der Waals surface area contributed by atoms with Crippen molar-refractivity contribution in [2.24, 2.45) is 0 Å². The number of ether oxygens (including phenoxy) is 3. The van der Waals surface area contributed by atoms with Gasteiger partial charge in [0.1, 0.15) is 6.73 Å². The largest absolute Gasteiger partial charge is 0.493 e. The maximum Gasteiger partial charge on any atom is 0.203 e. The van der Waals surface area contributed by atoms with Crippen molar-refractivity contribution in [3.05, 3.63) is 52.2 Å². The highest BCUT2D eigenvalue weighted by molar-refractivity contribution is 5.88. The van der Waals surface area contributed by atoms with Crippen molar-refractivity contribution in [2.45, 2.75) is 19.8 Å². The van der Waals surface area contributed by atoms with E-state index in [1.54, 1.807) is 25.9 Å². The van der Waals surface area contributed by atoms with Gasteiger partial charge in [-0.3, -0.25) is 0 Å². The third kappa shape index (κ3) is 2.57. The van der Waals surface area contributed by atoms with Crippen molar-refractivity contribution in [1.29, 1.82) is 0 Å². The van der Waals surface area contributed by atoms with Crippen LogP contribution in [0.4, 0.5) is 0 Å². The number of allylic oxidation sites excluding steroid dienone is 4. The van der Waals surface area contributed by atoms with Crippen LogP contribution in [-0.4, -0.2) is 36.1 Å². The number of benzene rings is 1. The first-order valence-electron chi connectivity index (χ1n) is 9.04. The number of fused-ring (bicyclic) bond motifs is 2. The molecule has 4 rings (SSSR count). The molecule has 0 fully saturated rings. The molecule has 6 nitrogen and oxygen atoms in total. The Labute approximate surface area is 162 Å². The molecule has 0 saturated carbocycles. The Morgan fingerprint density at radius 1 is 1.04 bits per heavy atom. The summed E-state index contributed by atoms with van der Waals surface area (Å²) >= 11 is 0. The second kappa shape index (κ2) is 7.22. The van der Waals surface area contributed by atoms with Crippen LogP contribution in [0, 0.1) is 0 Å². The van der Waals surface area contributed by atoms with E-state index < -0.39 is 0 Å². The number of rotatable bonds is 6. The third-order valence-corrected chi connectivity index (χ3v) is 5.32. The predicted octanol–water partition coefficient (Wildman–Crippen LogP) is 1.45. The first-order chi connectivity index (χ1) is 13.7. The summed E-state index contributed by atoms with van der Waals surface area (Å²) in [4.78, 5) is 0. The van der Waals surface area contributed by atoms with E-state index in [2.05, 4.69) is 18.2 Å². The van der Waals surface area contributed by atoms with Gasteiger partial charge < -0.3 is 29.0 Å². The molecule has 0 atom stereocenters. The molecule has 28 heavy (non-hydrogen) atoms. The fourth-order valence-electron chi connectivity index (χ4n) is 4.12. The molecule has 0 saturated heterocycles. The Bertz CT molecular complexity index is 1100. The van der Waals surface area contributed by atoms with Crippen molar-refractivity contribution in [3.8, 4) is 28.4 Å². The van der Waals surface area contributed by atoms with Crippen molar-refractivity contribution >= 4 is 11.6 Å². The quantitative estimate of drug-likeness (QED) is 0.793. The second-order valence-electron chi connectivity index (χ2n) is 6.60. The molecule has 1 aromatic carbocycles. The van der Waals surface area contributed by atoms with Crippen LogP contribution in [0.25, 0.3) is 22.8 Å². The van der Waals surface area contributed by atoms with Gasteiger partial charge in [-0.2, -0.15) is 0 Å². The van der Waals surface area contributed by atoms with Crippen LogP contribution in [0.15, 0.2) is 35.9 Å². The van der Waals surface area contributed by atoms with Crippen LogP contribution >= 0.6 is 0 Å². The van der Waals surface area contributed by atoms with Crippen molar-refractivity contribution in [3.63, 3.8) is 0 Å². The van der Waals surface area contributed by atoms with Gasteiger partial charge in [-0.05, 0) is 41.3 Å². The van der Waals surface area contributed by atoms with E-state index in [-0.39, 0.29) is 13.3 Å². The molecule has 0 bridgehead atoms. The molecule has 0 amide bonds. The van der Waals surface area contributed by atoms with E-state index in [1.807, 2.05) is 18.2 Å². The van der Waals surface area contributed by atoms with Gasteiger partial charge in [0.05, 0.1) is 39.0 Å². The molecule has 2 aliphatic rings. The molecular weight excluding hydrogens is 358 g/mol. The lowest BCUT2D eigenvalue weighted by atomic mass is 10.0. The smallest absolute Gasteiger partial charge is 0.203 e. The summed E-state index contributed by atoms with van der Waals surface area (Å²) in [7, 11) is 4.71. The molecule has 6 heteroatoms. The maximum atomic E-state index is 10.1. The number of hydrogen-bond acceptors (Lipinski definition) is 5. The fraction of sp³-hybridized carbons (Fsp3) is 0.273. The molecule has 0 aliphatic heterocycles. The molecule has 2 aromatic rings. The minimum atomic E-state index is -0.211. The highest BCUT2D eigenvalue weighted by atomic mass is 16.5. The first kappa shape index (κ1) is 18.4. The van der Waals surface area contributed by atoms with Gasteiger partial charge in [-0.25, -0.2) is 0 Å². The van der Waals surface area contributed by atoms with E-state index in [1.165, 1.54) is 0 Å². The average molecular weight is 381 g/mol. The first-order valence-corrected chi connectivity index (χ1v) is 9.04. The standard InChI is InChI=1S/C22H23NO5/c1-26-18-9-14(10-19(27-2)22(18)28-3)20-16-8-13-6-4-5-7-15(13)21(16)23(12-25)17(20)11-24/h4-6,8-10,24-25H,7,11-12H2,1-3H3. The molecule has 0 radical (unpaired) electrons. The van der Waals surface area contributed by atoms with Gasteiger partial charge in [-0.1, -0.05) is 18.2 Å². The van der Waals surface area contributed by atoms with E-state index >= 15 is 0 Å². The van der Waals surface area contributed by atoms with Crippen molar-refractivity contribution < 1.29 is 24.4 Å². The maximum absolute atomic E-state index is 10.1. The summed E-state index contributed by atoms with van der Waals surface area (Å²) in [5, 5.41) is 22.1. The summed E-state index contributed by atoms with van der Waals surface area (Å²) in [5.74, 6) is 1.59. The summed E-state index contributed by atoms with van der Waals surface area (Å²) < 4.78 is 18.2. The fourth-order valence-corrected chi connectivity index (χ4v) is 4.12. The lowest BCUT2D eigenvalue weighted by Gasteiger charge is -2.15. The van der Waals surface area contributed by atoms with Gasteiger partial charge in [-0.15, -0.1) is 0 Å². The van der Waals surface area contributed by atoms with E-state index in [9.17, 15) is 10.2 Å². The van der Waals surface area contributed by atoms with E-state index in [0.717, 1.165) is 39.3 Å². The van der Waals surface area contributed by atoms with Crippen LogP contribution in [0.3, 0.4) is 0 Å². The number of aromatic nitrogens is 1. The molecule has 0 unspecified atom stereocenters. The van der Waals surface area contributed by atoms with Gasteiger partial charge in [0, 0.05) is 10.8 Å². The highest BCUT2D eigenvalue weighted by Crippen LogP contribution is 2.41. The molecule has 146 valence electrons. The van der Waals surface area contributed by atoms with Gasteiger partial charge in [0.15, 0.2) is 11.5 Å². The van der Waals surface area contributed by atoms with Crippen molar-refractivity contribution in [2.75, 3.05) is 21.3 Å². The predicted molar refractivity (Wildman–Crippen MR) is 107 cm³/mol. The van der Waals surface area contributed by atoms with Crippen LogP contribution in [0.2, 0.25) is 0 Å². The topological polar surface area (TPSA) is 73.1 Å². The Balaban J connectivity index is 2.08.